The highest BCUT2D eigenvalue weighted by Gasteiger charge is 2.13. The summed E-state index contributed by atoms with van der Waals surface area (Å²) in [6.45, 7) is 0. The van der Waals surface area contributed by atoms with Crippen LogP contribution in [-0.4, -0.2) is 25.0 Å². The lowest BCUT2D eigenvalue weighted by molar-refractivity contribution is 0.102. The monoisotopic (exact) mass is 297 g/mol. The van der Waals surface area contributed by atoms with E-state index < -0.39 is 0 Å². The van der Waals surface area contributed by atoms with E-state index in [1.165, 1.54) is 12.1 Å². The molecule has 0 bridgehead atoms. The number of hydrogen-bond donors (Lipinski definition) is 2. The summed E-state index contributed by atoms with van der Waals surface area (Å²) in [5.74, 6) is -0.633. The molecule has 2 N–H and O–H groups in total. The van der Waals surface area contributed by atoms with E-state index in [0.29, 0.717) is 16.6 Å². The predicted molar refractivity (Wildman–Crippen MR) is 87.0 cm³/mol. The zero-order chi connectivity index (χ0) is 15.7. The molecule has 0 aliphatic carbocycles. The second-order valence-corrected chi connectivity index (χ2v) is 5.29. The lowest BCUT2D eigenvalue weighted by Gasteiger charge is -2.13. The number of nitrogens with zero attached hydrogens (tertiary/aromatic N) is 1. The van der Waals surface area contributed by atoms with Gasteiger partial charge in [0.2, 0.25) is 0 Å². The highest BCUT2D eigenvalue weighted by Crippen LogP contribution is 2.21. The number of aromatic amines is 1. The molecule has 0 radical (unpaired) electrons. The van der Waals surface area contributed by atoms with E-state index in [9.17, 15) is 9.18 Å². The van der Waals surface area contributed by atoms with Gasteiger partial charge in [0.05, 0.1) is 5.56 Å². The Labute approximate surface area is 127 Å². The van der Waals surface area contributed by atoms with Gasteiger partial charge in [0.15, 0.2) is 0 Å². The Kier molecular flexibility index (Phi) is 3.55. The van der Waals surface area contributed by atoms with Gasteiger partial charge in [-0.2, -0.15) is 0 Å². The highest BCUT2D eigenvalue weighted by molar-refractivity contribution is 6.12. The molecule has 4 nitrogen and oxygen atoms in total. The van der Waals surface area contributed by atoms with Gasteiger partial charge in [-0.1, -0.05) is 0 Å². The summed E-state index contributed by atoms with van der Waals surface area (Å²) in [5, 5.41) is 3.39. The fourth-order valence-electron chi connectivity index (χ4n) is 2.32. The molecule has 0 aliphatic rings. The molecular formula is C17H16FN3O. The van der Waals surface area contributed by atoms with Gasteiger partial charge >= 0.3 is 0 Å². The molecule has 0 unspecified atom stereocenters. The molecule has 1 aromatic heterocycles. The first-order valence-corrected chi connectivity index (χ1v) is 6.90. The number of amides is 1. The number of carbonyl (C=O) groups is 1. The van der Waals surface area contributed by atoms with Gasteiger partial charge in [0, 0.05) is 42.6 Å². The minimum Gasteiger partial charge on any atom is -0.378 e. The summed E-state index contributed by atoms with van der Waals surface area (Å²) in [7, 11) is 3.90. The third-order valence-electron chi connectivity index (χ3n) is 3.53. The van der Waals surface area contributed by atoms with Crippen molar-refractivity contribution in [3.63, 3.8) is 0 Å². The number of aromatic nitrogens is 1. The smallest absolute Gasteiger partial charge is 0.257 e. The standard InChI is InChI=1S/C17H16FN3O/c1-21(2)13-6-4-12(5-7-13)20-17(22)15-10-19-16-8-3-11(18)9-14(15)16/h3-10,19H,1-2H3,(H,20,22). The van der Waals surface area contributed by atoms with Crippen LogP contribution < -0.4 is 10.2 Å². The van der Waals surface area contributed by atoms with E-state index in [-0.39, 0.29) is 11.7 Å². The Hall–Kier alpha value is -2.82. The third-order valence-corrected chi connectivity index (χ3v) is 3.53. The first-order valence-electron chi connectivity index (χ1n) is 6.90. The van der Waals surface area contributed by atoms with Gasteiger partial charge in [0.1, 0.15) is 5.82 Å². The maximum atomic E-state index is 13.4. The number of nitrogens with one attached hydrogen (secondary N) is 2. The van der Waals surface area contributed by atoms with Crippen molar-refractivity contribution in [2.24, 2.45) is 0 Å². The van der Waals surface area contributed by atoms with Gasteiger partial charge in [-0.05, 0) is 42.5 Å². The number of hydrogen-bond acceptors (Lipinski definition) is 2. The third kappa shape index (κ3) is 2.65. The van der Waals surface area contributed by atoms with Crippen LogP contribution in [0.15, 0.2) is 48.7 Å². The SMILES string of the molecule is CN(C)c1ccc(NC(=O)c2c[nH]c3ccc(F)cc23)cc1. The molecule has 1 amide bonds. The van der Waals surface area contributed by atoms with Crippen molar-refractivity contribution >= 4 is 28.2 Å². The molecule has 0 fully saturated rings. The lowest BCUT2D eigenvalue weighted by atomic mass is 10.1. The van der Waals surface area contributed by atoms with Crippen LogP contribution in [0.1, 0.15) is 10.4 Å². The Balaban J connectivity index is 1.85. The van der Waals surface area contributed by atoms with Gasteiger partial charge in [0.25, 0.3) is 5.91 Å². The number of anilines is 2. The molecule has 3 rings (SSSR count). The van der Waals surface area contributed by atoms with Crippen LogP contribution in [-0.2, 0) is 0 Å². The maximum absolute atomic E-state index is 13.4. The number of benzene rings is 2. The van der Waals surface area contributed by atoms with E-state index in [1.807, 2.05) is 43.3 Å². The van der Waals surface area contributed by atoms with E-state index in [2.05, 4.69) is 10.3 Å². The maximum Gasteiger partial charge on any atom is 0.257 e. The van der Waals surface area contributed by atoms with Crippen molar-refractivity contribution in [1.29, 1.82) is 0 Å². The molecule has 112 valence electrons. The Morgan fingerprint density at radius 2 is 1.86 bits per heavy atom. The van der Waals surface area contributed by atoms with Crippen LogP contribution in [0.5, 0.6) is 0 Å². The van der Waals surface area contributed by atoms with Crippen LogP contribution in [0.2, 0.25) is 0 Å². The van der Waals surface area contributed by atoms with Crippen LogP contribution >= 0.6 is 0 Å². The molecule has 0 spiro atoms. The number of fused-ring (bicyclic) bond motifs is 1. The molecule has 0 saturated carbocycles. The summed E-state index contributed by atoms with van der Waals surface area (Å²) in [6.07, 6.45) is 1.59. The summed E-state index contributed by atoms with van der Waals surface area (Å²) < 4.78 is 13.4. The fraction of sp³-hybridized carbons (Fsp3) is 0.118. The van der Waals surface area contributed by atoms with Gasteiger partial charge in [-0.25, -0.2) is 4.39 Å². The zero-order valence-electron chi connectivity index (χ0n) is 12.4. The molecule has 22 heavy (non-hydrogen) atoms. The molecule has 1 heterocycles. The van der Waals surface area contributed by atoms with Crippen LogP contribution in [0.3, 0.4) is 0 Å². The van der Waals surface area contributed by atoms with Crippen molar-refractivity contribution in [3.05, 3.63) is 60.0 Å². The molecule has 0 aliphatic heterocycles. The number of carbonyl (C=O) groups excluding carboxylic acids is 1. The van der Waals surface area contributed by atoms with Crippen molar-refractivity contribution in [2.75, 3.05) is 24.3 Å². The topological polar surface area (TPSA) is 48.1 Å². The number of halogens is 1. The van der Waals surface area contributed by atoms with Gasteiger partial charge in [-0.3, -0.25) is 4.79 Å². The normalized spacial score (nSPS) is 10.7. The van der Waals surface area contributed by atoms with E-state index in [0.717, 1.165) is 11.2 Å². The molecule has 2 aromatic carbocycles. The predicted octanol–water partition coefficient (Wildman–Crippen LogP) is 3.63. The van der Waals surface area contributed by atoms with E-state index in [1.54, 1.807) is 12.3 Å². The minimum absolute atomic E-state index is 0.269. The zero-order valence-corrected chi connectivity index (χ0v) is 12.4. The van der Waals surface area contributed by atoms with Crippen LogP contribution in [0.4, 0.5) is 15.8 Å². The van der Waals surface area contributed by atoms with Crippen molar-refractivity contribution in [2.45, 2.75) is 0 Å². The Morgan fingerprint density at radius 3 is 2.55 bits per heavy atom. The van der Waals surface area contributed by atoms with Crippen molar-refractivity contribution < 1.29 is 9.18 Å². The average Bonchev–Trinajstić information content (AvgIpc) is 2.90. The highest BCUT2D eigenvalue weighted by atomic mass is 19.1. The summed E-state index contributed by atoms with van der Waals surface area (Å²) in [4.78, 5) is 17.3. The van der Waals surface area contributed by atoms with Crippen molar-refractivity contribution in [3.8, 4) is 0 Å². The summed E-state index contributed by atoms with van der Waals surface area (Å²) >= 11 is 0. The van der Waals surface area contributed by atoms with Gasteiger partial charge < -0.3 is 15.2 Å². The minimum atomic E-state index is -0.364. The average molecular weight is 297 g/mol. The van der Waals surface area contributed by atoms with Crippen LogP contribution in [0, 0.1) is 5.82 Å². The van der Waals surface area contributed by atoms with Crippen molar-refractivity contribution in [1.82, 2.24) is 4.98 Å². The van der Waals surface area contributed by atoms with E-state index >= 15 is 0 Å². The fourth-order valence-corrected chi connectivity index (χ4v) is 2.32. The molecule has 5 heteroatoms. The van der Waals surface area contributed by atoms with Gasteiger partial charge in [-0.15, -0.1) is 0 Å². The molecular weight excluding hydrogens is 281 g/mol. The second-order valence-electron chi connectivity index (χ2n) is 5.29. The molecule has 3 aromatic rings. The molecule has 0 atom stereocenters. The number of H-pyrrole nitrogens is 1. The van der Waals surface area contributed by atoms with E-state index in [4.69, 9.17) is 0 Å². The summed E-state index contributed by atoms with van der Waals surface area (Å²) in [6, 6.07) is 11.9. The first-order chi connectivity index (χ1) is 10.5. The summed E-state index contributed by atoms with van der Waals surface area (Å²) in [5.41, 5.74) is 2.90. The largest absolute Gasteiger partial charge is 0.378 e. The lowest BCUT2D eigenvalue weighted by Crippen LogP contribution is -2.12. The first kappa shape index (κ1) is 14.1. The number of rotatable bonds is 3. The quantitative estimate of drug-likeness (QED) is 0.775. The van der Waals surface area contributed by atoms with Crippen LogP contribution in [0.25, 0.3) is 10.9 Å². The molecule has 0 saturated heterocycles. The second kappa shape index (κ2) is 5.52. The Morgan fingerprint density at radius 1 is 1.14 bits per heavy atom. The Bertz CT molecular complexity index is 822.